The van der Waals surface area contributed by atoms with Gasteiger partial charge in [-0.15, -0.1) is 0 Å². The summed E-state index contributed by atoms with van der Waals surface area (Å²) in [6, 6.07) is 4.38. The standard InChI is InChI=1S/C15H23N3/c1-5-6-7-18-14-9-11(3)10(2)8-13(14)17-15(18)12(4)16/h8-9,12H,5-7,16H2,1-4H3. The molecule has 0 spiro atoms. The quantitative estimate of drug-likeness (QED) is 0.896. The molecule has 0 fully saturated rings. The maximum absolute atomic E-state index is 6.04. The highest BCUT2D eigenvalue weighted by Crippen LogP contribution is 2.23. The van der Waals surface area contributed by atoms with Gasteiger partial charge in [-0.1, -0.05) is 13.3 Å². The Hall–Kier alpha value is -1.35. The Kier molecular flexibility index (Phi) is 3.71. The Morgan fingerprint density at radius 2 is 1.94 bits per heavy atom. The lowest BCUT2D eigenvalue weighted by atomic mass is 10.1. The van der Waals surface area contributed by atoms with Crippen LogP contribution in [0, 0.1) is 13.8 Å². The van der Waals surface area contributed by atoms with Crippen LogP contribution in [-0.4, -0.2) is 9.55 Å². The molecule has 3 heteroatoms. The van der Waals surface area contributed by atoms with E-state index in [2.05, 4.69) is 37.5 Å². The number of benzene rings is 1. The first-order valence-electron chi connectivity index (χ1n) is 6.77. The molecule has 1 heterocycles. The minimum Gasteiger partial charge on any atom is -0.327 e. The van der Waals surface area contributed by atoms with E-state index in [4.69, 9.17) is 10.7 Å². The topological polar surface area (TPSA) is 43.8 Å². The Bertz CT molecular complexity index is 552. The first kappa shape index (κ1) is 13.1. The SMILES string of the molecule is CCCCn1c(C(C)N)nc2cc(C)c(C)cc21. The van der Waals surface area contributed by atoms with Gasteiger partial charge in [-0.05, 0) is 50.5 Å². The fourth-order valence-electron chi connectivity index (χ4n) is 2.30. The largest absolute Gasteiger partial charge is 0.327 e. The zero-order chi connectivity index (χ0) is 13.3. The summed E-state index contributed by atoms with van der Waals surface area (Å²) in [6.07, 6.45) is 2.35. The fourth-order valence-corrected chi connectivity index (χ4v) is 2.30. The molecule has 1 unspecified atom stereocenters. The normalized spacial score (nSPS) is 13.2. The number of aryl methyl sites for hydroxylation is 3. The molecular formula is C15H23N3. The van der Waals surface area contributed by atoms with Crippen molar-refractivity contribution in [2.75, 3.05) is 0 Å². The Morgan fingerprint density at radius 1 is 1.28 bits per heavy atom. The van der Waals surface area contributed by atoms with Crippen molar-refractivity contribution in [3.8, 4) is 0 Å². The van der Waals surface area contributed by atoms with Crippen LogP contribution in [-0.2, 0) is 6.54 Å². The summed E-state index contributed by atoms with van der Waals surface area (Å²) in [6.45, 7) is 9.50. The summed E-state index contributed by atoms with van der Waals surface area (Å²) in [4.78, 5) is 4.70. The van der Waals surface area contributed by atoms with E-state index in [9.17, 15) is 0 Å². The Balaban J connectivity index is 2.61. The van der Waals surface area contributed by atoms with E-state index in [-0.39, 0.29) is 6.04 Å². The van der Waals surface area contributed by atoms with E-state index in [1.807, 2.05) is 6.92 Å². The van der Waals surface area contributed by atoms with Gasteiger partial charge in [0.05, 0.1) is 17.1 Å². The van der Waals surface area contributed by atoms with Crippen LogP contribution in [0.2, 0.25) is 0 Å². The van der Waals surface area contributed by atoms with Gasteiger partial charge < -0.3 is 10.3 Å². The van der Waals surface area contributed by atoms with Crippen molar-refractivity contribution in [1.82, 2.24) is 9.55 Å². The summed E-state index contributed by atoms with van der Waals surface area (Å²) in [5, 5.41) is 0. The second-order valence-corrected chi connectivity index (χ2v) is 5.19. The van der Waals surface area contributed by atoms with Crippen LogP contribution in [0.4, 0.5) is 0 Å². The van der Waals surface area contributed by atoms with Gasteiger partial charge in [0.15, 0.2) is 0 Å². The van der Waals surface area contributed by atoms with Gasteiger partial charge in [-0.3, -0.25) is 0 Å². The zero-order valence-electron chi connectivity index (χ0n) is 11.8. The molecule has 2 aromatic rings. The molecule has 2 rings (SSSR count). The number of rotatable bonds is 4. The average molecular weight is 245 g/mol. The van der Waals surface area contributed by atoms with Crippen molar-refractivity contribution in [2.24, 2.45) is 5.73 Å². The molecule has 18 heavy (non-hydrogen) atoms. The summed E-state index contributed by atoms with van der Waals surface area (Å²) in [7, 11) is 0. The molecule has 0 aliphatic carbocycles. The summed E-state index contributed by atoms with van der Waals surface area (Å²) in [5.74, 6) is 1.00. The van der Waals surface area contributed by atoms with Crippen molar-refractivity contribution in [2.45, 2.75) is 53.1 Å². The second kappa shape index (κ2) is 5.11. The van der Waals surface area contributed by atoms with Crippen molar-refractivity contribution in [3.05, 3.63) is 29.1 Å². The number of hydrogen-bond donors (Lipinski definition) is 1. The lowest BCUT2D eigenvalue weighted by molar-refractivity contribution is 0.588. The van der Waals surface area contributed by atoms with Crippen molar-refractivity contribution < 1.29 is 0 Å². The Labute approximate surface area is 109 Å². The number of nitrogens with zero attached hydrogens (tertiary/aromatic N) is 2. The lowest BCUT2D eigenvalue weighted by Crippen LogP contribution is -2.13. The van der Waals surface area contributed by atoms with Gasteiger partial charge in [-0.25, -0.2) is 4.98 Å². The molecule has 1 aromatic carbocycles. The zero-order valence-corrected chi connectivity index (χ0v) is 11.8. The molecule has 0 aliphatic rings. The van der Waals surface area contributed by atoms with Gasteiger partial charge >= 0.3 is 0 Å². The maximum Gasteiger partial charge on any atom is 0.126 e. The number of hydrogen-bond acceptors (Lipinski definition) is 2. The predicted octanol–water partition coefficient (Wildman–Crippen LogP) is 3.47. The van der Waals surface area contributed by atoms with Crippen molar-refractivity contribution in [3.63, 3.8) is 0 Å². The molecule has 0 saturated carbocycles. The molecule has 0 saturated heterocycles. The third-order valence-corrected chi connectivity index (χ3v) is 3.54. The van der Waals surface area contributed by atoms with E-state index in [1.165, 1.54) is 23.1 Å². The number of imidazole rings is 1. The fraction of sp³-hybridized carbons (Fsp3) is 0.533. The summed E-state index contributed by atoms with van der Waals surface area (Å²) >= 11 is 0. The van der Waals surface area contributed by atoms with Crippen molar-refractivity contribution >= 4 is 11.0 Å². The average Bonchev–Trinajstić information content (AvgIpc) is 2.65. The van der Waals surface area contributed by atoms with Crippen LogP contribution in [0.15, 0.2) is 12.1 Å². The highest BCUT2D eigenvalue weighted by Gasteiger charge is 2.14. The van der Waals surface area contributed by atoms with Gasteiger partial charge in [-0.2, -0.15) is 0 Å². The summed E-state index contributed by atoms with van der Waals surface area (Å²) in [5.41, 5.74) is 10.9. The third kappa shape index (κ3) is 2.27. The molecule has 3 nitrogen and oxygen atoms in total. The van der Waals surface area contributed by atoms with Gasteiger partial charge in [0, 0.05) is 6.54 Å². The molecule has 0 radical (unpaired) electrons. The van der Waals surface area contributed by atoms with E-state index >= 15 is 0 Å². The predicted molar refractivity (Wildman–Crippen MR) is 76.7 cm³/mol. The lowest BCUT2D eigenvalue weighted by Gasteiger charge is -2.11. The molecule has 98 valence electrons. The number of nitrogens with two attached hydrogens (primary N) is 1. The van der Waals surface area contributed by atoms with Crippen LogP contribution in [0.1, 0.15) is 49.7 Å². The van der Waals surface area contributed by atoms with Crippen LogP contribution in [0.3, 0.4) is 0 Å². The summed E-state index contributed by atoms with van der Waals surface area (Å²) < 4.78 is 2.29. The number of aromatic nitrogens is 2. The number of fused-ring (bicyclic) bond motifs is 1. The molecule has 0 amide bonds. The molecular weight excluding hydrogens is 222 g/mol. The van der Waals surface area contributed by atoms with Crippen LogP contribution in [0.5, 0.6) is 0 Å². The minimum absolute atomic E-state index is 0.0186. The Morgan fingerprint density at radius 3 is 2.56 bits per heavy atom. The minimum atomic E-state index is -0.0186. The molecule has 1 atom stereocenters. The monoisotopic (exact) mass is 245 g/mol. The maximum atomic E-state index is 6.04. The molecule has 1 aromatic heterocycles. The third-order valence-electron chi connectivity index (χ3n) is 3.54. The number of unbranched alkanes of at least 4 members (excludes halogenated alkanes) is 1. The van der Waals surface area contributed by atoms with Crippen LogP contribution >= 0.6 is 0 Å². The molecule has 0 aliphatic heterocycles. The molecule has 0 bridgehead atoms. The smallest absolute Gasteiger partial charge is 0.126 e. The van der Waals surface area contributed by atoms with E-state index in [0.29, 0.717) is 0 Å². The highest BCUT2D eigenvalue weighted by molar-refractivity contribution is 5.78. The highest BCUT2D eigenvalue weighted by atomic mass is 15.1. The molecule has 2 N–H and O–H groups in total. The van der Waals surface area contributed by atoms with Crippen LogP contribution < -0.4 is 5.73 Å². The van der Waals surface area contributed by atoms with Crippen LogP contribution in [0.25, 0.3) is 11.0 Å². The van der Waals surface area contributed by atoms with Gasteiger partial charge in [0.1, 0.15) is 5.82 Å². The van der Waals surface area contributed by atoms with Gasteiger partial charge in [0.25, 0.3) is 0 Å². The van der Waals surface area contributed by atoms with E-state index in [1.54, 1.807) is 0 Å². The first-order valence-corrected chi connectivity index (χ1v) is 6.77. The van der Waals surface area contributed by atoms with E-state index < -0.39 is 0 Å². The second-order valence-electron chi connectivity index (χ2n) is 5.19. The van der Waals surface area contributed by atoms with Gasteiger partial charge in [0.2, 0.25) is 0 Å². The van der Waals surface area contributed by atoms with Crippen molar-refractivity contribution in [1.29, 1.82) is 0 Å². The van der Waals surface area contributed by atoms with E-state index in [0.717, 1.165) is 24.3 Å². The first-order chi connectivity index (χ1) is 8.54.